The number of rotatable bonds is 5. The Kier molecular flexibility index (Phi) is 5.38. The summed E-state index contributed by atoms with van der Waals surface area (Å²) in [5.74, 6) is -0.451. The molecule has 6 nitrogen and oxygen atoms in total. The number of nitrogen functional groups attached to an aromatic ring is 1. The van der Waals surface area contributed by atoms with Crippen LogP contribution >= 0.6 is 11.6 Å². The van der Waals surface area contributed by atoms with Crippen molar-refractivity contribution in [1.29, 1.82) is 0 Å². The second kappa shape index (κ2) is 7.30. The van der Waals surface area contributed by atoms with Crippen LogP contribution in [0.1, 0.15) is 37.0 Å². The maximum absolute atomic E-state index is 15.1. The summed E-state index contributed by atoms with van der Waals surface area (Å²) in [7, 11) is 0. The molecule has 0 spiro atoms. The van der Waals surface area contributed by atoms with Crippen molar-refractivity contribution in [1.82, 2.24) is 10.2 Å². The average Bonchev–Trinajstić information content (AvgIpc) is 3.07. The van der Waals surface area contributed by atoms with E-state index >= 15 is 4.39 Å². The summed E-state index contributed by atoms with van der Waals surface area (Å²) in [6.45, 7) is 4.94. The Hall–Kier alpha value is -1.83. The number of piperidine rings is 1. The number of β-amino-alcohol motifs (C(OH)–C–C–N with tert-alkyl or cyclic N) is 1. The lowest BCUT2D eigenvalue weighted by molar-refractivity contribution is -0.000322. The SMILES string of the molecule is CC(C)(O)CN1CCC(F)(CNC(=O)c2cc(Cl)c(N)c3ccoc23)CC1. The summed E-state index contributed by atoms with van der Waals surface area (Å²) < 4.78 is 20.4. The fourth-order valence-electron chi connectivity index (χ4n) is 3.47. The number of hydrogen-bond donors (Lipinski definition) is 3. The number of furan rings is 1. The minimum Gasteiger partial charge on any atom is -0.463 e. The molecule has 1 amide bonds. The molecule has 1 aliphatic heterocycles. The molecule has 0 bridgehead atoms. The molecule has 0 saturated carbocycles. The maximum atomic E-state index is 15.1. The van der Waals surface area contributed by atoms with E-state index in [2.05, 4.69) is 5.32 Å². The van der Waals surface area contributed by atoms with Crippen molar-refractivity contribution in [3.05, 3.63) is 29.0 Å². The molecular formula is C19H25ClFN3O3. The number of nitrogens with two attached hydrogens (primary N) is 1. The molecule has 0 atom stereocenters. The van der Waals surface area contributed by atoms with Crippen molar-refractivity contribution < 1.29 is 18.7 Å². The van der Waals surface area contributed by atoms with Crippen molar-refractivity contribution in [2.75, 3.05) is 31.9 Å². The van der Waals surface area contributed by atoms with Gasteiger partial charge in [-0.1, -0.05) is 11.6 Å². The fraction of sp³-hybridized carbons (Fsp3) is 0.526. The number of amides is 1. The van der Waals surface area contributed by atoms with Gasteiger partial charge in [0, 0.05) is 25.0 Å². The molecule has 8 heteroatoms. The molecule has 2 heterocycles. The second-order valence-corrected chi connectivity index (χ2v) is 8.31. The fourth-order valence-corrected chi connectivity index (χ4v) is 3.68. The number of alkyl halides is 1. The van der Waals surface area contributed by atoms with E-state index in [4.69, 9.17) is 21.8 Å². The Bertz CT molecular complexity index is 839. The molecule has 1 saturated heterocycles. The average molecular weight is 398 g/mol. The van der Waals surface area contributed by atoms with Gasteiger partial charge >= 0.3 is 0 Å². The van der Waals surface area contributed by atoms with E-state index in [1.54, 1.807) is 19.9 Å². The smallest absolute Gasteiger partial charge is 0.255 e. The highest BCUT2D eigenvalue weighted by Gasteiger charge is 2.36. The zero-order valence-corrected chi connectivity index (χ0v) is 16.3. The number of nitrogens with one attached hydrogen (secondary N) is 1. The van der Waals surface area contributed by atoms with Crippen molar-refractivity contribution in [3.63, 3.8) is 0 Å². The van der Waals surface area contributed by atoms with Crippen LogP contribution in [-0.4, -0.2) is 53.4 Å². The summed E-state index contributed by atoms with van der Waals surface area (Å²) in [4.78, 5) is 14.6. The molecule has 4 N–H and O–H groups in total. The topological polar surface area (TPSA) is 91.7 Å². The van der Waals surface area contributed by atoms with E-state index in [0.717, 1.165) is 0 Å². The van der Waals surface area contributed by atoms with Gasteiger partial charge in [-0.3, -0.25) is 4.79 Å². The number of halogens is 2. The molecule has 1 fully saturated rings. The summed E-state index contributed by atoms with van der Waals surface area (Å²) in [5, 5.41) is 13.4. The van der Waals surface area contributed by atoms with Gasteiger partial charge in [-0.25, -0.2) is 4.39 Å². The van der Waals surface area contributed by atoms with Crippen molar-refractivity contribution in [2.24, 2.45) is 0 Å². The monoisotopic (exact) mass is 397 g/mol. The number of likely N-dealkylation sites (tertiary alicyclic amines) is 1. The number of aliphatic hydroxyl groups is 1. The number of anilines is 1. The van der Waals surface area contributed by atoms with Crippen LogP contribution in [0, 0.1) is 0 Å². The predicted octanol–water partition coefficient (Wildman–Crippen LogP) is 2.97. The lowest BCUT2D eigenvalue weighted by Crippen LogP contribution is -2.50. The second-order valence-electron chi connectivity index (χ2n) is 7.91. The Labute approximate surface area is 162 Å². The Morgan fingerprint density at radius 1 is 1.48 bits per heavy atom. The van der Waals surface area contributed by atoms with Crippen LogP contribution in [0.25, 0.3) is 11.0 Å². The minimum absolute atomic E-state index is 0.0909. The third-order valence-electron chi connectivity index (χ3n) is 4.90. The Morgan fingerprint density at radius 2 is 2.15 bits per heavy atom. The Morgan fingerprint density at radius 3 is 2.78 bits per heavy atom. The Balaban J connectivity index is 1.63. The molecule has 0 radical (unpaired) electrons. The molecule has 1 aromatic heterocycles. The molecule has 1 aromatic carbocycles. The number of fused-ring (bicyclic) bond motifs is 1. The summed E-state index contributed by atoms with van der Waals surface area (Å²) in [5.41, 5.74) is 4.52. The lowest BCUT2D eigenvalue weighted by atomic mass is 9.92. The number of benzene rings is 1. The summed E-state index contributed by atoms with van der Waals surface area (Å²) >= 11 is 6.09. The van der Waals surface area contributed by atoms with Crippen molar-refractivity contribution in [2.45, 2.75) is 38.0 Å². The van der Waals surface area contributed by atoms with Crippen LogP contribution < -0.4 is 11.1 Å². The van der Waals surface area contributed by atoms with Crippen LogP contribution in [0.2, 0.25) is 5.02 Å². The largest absolute Gasteiger partial charge is 0.463 e. The van der Waals surface area contributed by atoms with Gasteiger partial charge in [-0.05, 0) is 38.8 Å². The van der Waals surface area contributed by atoms with Gasteiger partial charge in [-0.15, -0.1) is 0 Å². The van der Waals surface area contributed by atoms with Crippen LogP contribution in [0.3, 0.4) is 0 Å². The molecule has 2 aromatic rings. The highest BCUT2D eigenvalue weighted by atomic mass is 35.5. The summed E-state index contributed by atoms with van der Waals surface area (Å²) in [6, 6.07) is 3.08. The quantitative estimate of drug-likeness (QED) is 0.674. The van der Waals surface area contributed by atoms with Gasteiger partial charge in [0.05, 0.1) is 34.7 Å². The summed E-state index contributed by atoms with van der Waals surface area (Å²) in [6.07, 6.45) is 2.02. The van der Waals surface area contributed by atoms with Gasteiger partial charge in [0.1, 0.15) is 11.3 Å². The number of carbonyl (C=O) groups excluding carboxylic acids is 1. The van der Waals surface area contributed by atoms with Crippen LogP contribution in [0.5, 0.6) is 0 Å². The van der Waals surface area contributed by atoms with Gasteiger partial charge in [0.15, 0.2) is 0 Å². The first-order valence-electron chi connectivity index (χ1n) is 8.95. The minimum atomic E-state index is -1.48. The van der Waals surface area contributed by atoms with E-state index in [-0.39, 0.29) is 17.1 Å². The molecule has 0 aliphatic carbocycles. The molecule has 27 heavy (non-hydrogen) atoms. The van der Waals surface area contributed by atoms with Gasteiger partial charge < -0.3 is 25.5 Å². The third-order valence-corrected chi connectivity index (χ3v) is 5.21. The normalized spacial score (nSPS) is 18.0. The molecule has 0 unspecified atom stereocenters. The lowest BCUT2D eigenvalue weighted by Gasteiger charge is -2.38. The van der Waals surface area contributed by atoms with E-state index in [1.165, 1.54) is 12.3 Å². The number of carbonyl (C=O) groups is 1. The first-order valence-corrected chi connectivity index (χ1v) is 9.33. The van der Waals surface area contributed by atoms with Crippen molar-refractivity contribution in [3.8, 4) is 0 Å². The molecular weight excluding hydrogens is 373 g/mol. The number of nitrogens with zero attached hydrogens (tertiary/aromatic N) is 1. The zero-order valence-electron chi connectivity index (χ0n) is 15.5. The first kappa shape index (κ1) is 19.9. The highest BCUT2D eigenvalue weighted by molar-refractivity contribution is 6.35. The van der Waals surface area contributed by atoms with Gasteiger partial charge in [-0.2, -0.15) is 0 Å². The molecule has 148 valence electrons. The van der Waals surface area contributed by atoms with Crippen molar-refractivity contribution >= 4 is 34.2 Å². The van der Waals surface area contributed by atoms with Gasteiger partial charge in [0.2, 0.25) is 0 Å². The zero-order chi connectivity index (χ0) is 19.8. The maximum Gasteiger partial charge on any atom is 0.255 e. The highest BCUT2D eigenvalue weighted by Crippen LogP contribution is 2.33. The van der Waals surface area contributed by atoms with Crippen LogP contribution in [-0.2, 0) is 0 Å². The van der Waals surface area contributed by atoms with E-state index in [1.807, 2.05) is 4.90 Å². The van der Waals surface area contributed by atoms with E-state index < -0.39 is 17.2 Å². The van der Waals surface area contributed by atoms with Crippen LogP contribution in [0.15, 0.2) is 22.8 Å². The standard InChI is InChI=1S/C19H25ClFN3O3/c1-18(2,26)11-24-6-4-19(21,5-7-24)10-23-17(25)13-9-14(20)15(22)12-3-8-27-16(12)13/h3,8-9,26H,4-7,10-11,22H2,1-2H3,(H,23,25). The first-order chi connectivity index (χ1) is 12.6. The predicted molar refractivity (Wildman–Crippen MR) is 104 cm³/mol. The van der Waals surface area contributed by atoms with E-state index in [9.17, 15) is 9.90 Å². The van der Waals surface area contributed by atoms with Crippen LogP contribution in [0.4, 0.5) is 10.1 Å². The molecule has 1 aliphatic rings. The van der Waals surface area contributed by atoms with E-state index in [0.29, 0.717) is 49.1 Å². The van der Waals surface area contributed by atoms with Gasteiger partial charge in [0.25, 0.3) is 5.91 Å². The third kappa shape index (κ3) is 4.54. The molecule has 3 rings (SSSR count). The number of hydrogen-bond acceptors (Lipinski definition) is 5.